The van der Waals surface area contributed by atoms with Crippen molar-refractivity contribution < 1.29 is 9.21 Å². The van der Waals surface area contributed by atoms with E-state index >= 15 is 0 Å². The first-order valence-electron chi connectivity index (χ1n) is 8.57. The molecule has 140 valence electrons. The van der Waals surface area contributed by atoms with Gasteiger partial charge in [0.05, 0.1) is 17.1 Å². The van der Waals surface area contributed by atoms with Crippen LogP contribution >= 0.6 is 11.6 Å². The van der Waals surface area contributed by atoms with E-state index in [4.69, 9.17) is 16.0 Å². The number of hydrogen-bond donors (Lipinski definition) is 1. The molecule has 2 aromatic heterocycles. The zero-order valence-electron chi connectivity index (χ0n) is 14.6. The Morgan fingerprint density at radius 1 is 1.11 bits per heavy atom. The molecule has 28 heavy (non-hydrogen) atoms. The van der Waals surface area contributed by atoms with Crippen molar-refractivity contribution in [2.45, 2.75) is 12.8 Å². The molecule has 0 spiro atoms. The molecule has 0 atom stereocenters. The van der Waals surface area contributed by atoms with Crippen LogP contribution in [0, 0.1) is 0 Å². The number of carbonyl (C=O) groups is 1. The number of para-hydroxylation sites is 1. The summed E-state index contributed by atoms with van der Waals surface area (Å²) in [6.07, 6.45) is 3.32. The zero-order valence-corrected chi connectivity index (χ0v) is 15.4. The number of carbonyl (C=O) groups excluding carboxylic acids is 1. The molecule has 7 nitrogen and oxygen atoms in total. The van der Waals surface area contributed by atoms with Crippen molar-refractivity contribution >= 4 is 28.4 Å². The molecule has 0 saturated carbocycles. The van der Waals surface area contributed by atoms with Gasteiger partial charge in [0, 0.05) is 23.4 Å². The molecule has 0 radical (unpaired) electrons. The van der Waals surface area contributed by atoms with Crippen LogP contribution in [0.25, 0.3) is 22.2 Å². The predicted octanol–water partition coefficient (Wildman–Crippen LogP) is 3.41. The molecule has 4 rings (SSSR count). The Balaban J connectivity index is 1.41. The van der Waals surface area contributed by atoms with Crippen molar-refractivity contribution in [3.63, 3.8) is 0 Å². The molecule has 0 aliphatic rings. The highest BCUT2D eigenvalue weighted by Crippen LogP contribution is 2.22. The summed E-state index contributed by atoms with van der Waals surface area (Å²) in [4.78, 5) is 33.0. The van der Waals surface area contributed by atoms with Crippen LogP contribution in [0.4, 0.5) is 0 Å². The smallest absolute Gasteiger partial charge is 0.280 e. The monoisotopic (exact) mass is 394 g/mol. The number of rotatable bonds is 5. The highest BCUT2D eigenvalue weighted by molar-refractivity contribution is 6.30. The summed E-state index contributed by atoms with van der Waals surface area (Å²) in [5.41, 5.74) is 3.63. The third kappa shape index (κ3) is 3.79. The van der Waals surface area contributed by atoms with Crippen molar-refractivity contribution in [1.82, 2.24) is 14.6 Å². The molecule has 8 heteroatoms. The summed E-state index contributed by atoms with van der Waals surface area (Å²) >= 11 is 5.88. The molecule has 2 heterocycles. The standard InChI is InChI=1S/C20H15ClN4O3/c21-14-7-5-13(6-8-14)17-11-22-19(28-17)10-9-18(26)24-25-12-23-16-4-2-1-3-15(16)20(25)27/h1-8,11-12H,9-10H2,(H,24,26). The van der Waals surface area contributed by atoms with Crippen molar-refractivity contribution in [2.24, 2.45) is 0 Å². The number of hydrogen-bond acceptors (Lipinski definition) is 5. The number of aryl methyl sites for hydroxylation is 1. The lowest BCUT2D eigenvalue weighted by Crippen LogP contribution is -2.33. The van der Waals surface area contributed by atoms with E-state index < -0.39 is 0 Å². The van der Waals surface area contributed by atoms with Gasteiger partial charge in [0.2, 0.25) is 5.91 Å². The van der Waals surface area contributed by atoms with Gasteiger partial charge >= 0.3 is 0 Å². The lowest BCUT2D eigenvalue weighted by atomic mass is 10.2. The summed E-state index contributed by atoms with van der Waals surface area (Å²) < 4.78 is 6.76. The number of halogens is 1. The third-order valence-electron chi connectivity index (χ3n) is 4.16. The number of aromatic nitrogens is 3. The largest absolute Gasteiger partial charge is 0.441 e. The van der Waals surface area contributed by atoms with Crippen LogP contribution < -0.4 is 11.0 Å². The van der Waals surface area contributed by atoms with Gasteiger partial charge in [-0.15, -0.1) is 0 Å². The molecular weight excluding hydrogens is 380 g/mol. The van der Waals surface area contributed by atoms with E-state index in [0.717, 1.165) is 10.2 Å². The molecule has 1 N–H and O–H groups in total. The third-order valence-corrected chi connectivity index (χ3v) is 4.41. The molecule has 4 aromatic rings. The highest BCUT2D eigenvalue weighted by Gasteiger charge is 2.11. The Morgan fingerprint density at radius 2 is 1.89 bits per heavy atom. The van der Waals surface area contributed by atoms with E-state index in [-0.39, 0.29) is 17.9 Å². The summed E-state index contributed by atoms with van der Waals surface area (Å²) in [7, 11) is 0. The summed E-state index contributed by atoms with van der Waals surface area (Å²) in [6.45, 7) is 0. The maximum Gasteiger partial charge on any atom is 0.280 e. The van der Waals surface area contributed by atoms with Gasteiger partial charge in [-0.05, 0) is 36.4 Å². The average molecular weight is 395 g/mol. The average Bonchev–Trinajstić information content (AvgIpc) is 3.18. The van der Waals surface area contributed by atoms with Crippen molar-refractivity contribution in [3.8, 4) is 11.3 Å². The molecule has 0 aliphatic carbocycles. The summed E-state index contributed by atoms with van der Waals surface area (Å²) in [6, 6.07) is 14.1. The van der Waals surface area contributed by atoms with E-state index in [1.54, 1.807) is 42.6 Å². The lowest BCUT2D eigenvalue weighted by molar-refractivity contribution is -0.117. The Morgan fingerprint density at radius 3 is 2.71 bits per heavy atom. The predicted molar refractivity (Wildman–Crippen MR) is 106 cm³/mol. The minimum Gasteiger partial charge on any atom is -0.441 e. The summed E-state index contributed by atoms with van der Waals surface area (Å²) in [5, 5.41) is 1.07. The minimum absolute atomic E-state index is 0.111. The molecular formula is C20H15ClN4O3. The van der Waals surface area contributed by atoms with Gasteiger partial charge in [-0.2, -0.15) is 0 Å². The Hall–Kier alpha value is -3.45. The van der Waals surface area contributed by atoms with E-state index in [1.165, 1.54) is 6.33 Å². The normalized spacial score (nSPS) is 10.9. The first-order valence-corrected chi connectivity index (χ1v) is 8.95. The van der Waals surface area contributed by atoms with E-state index in [1.807, 2.05) is 12.1 Å². The Bertz CT molecular complexity index is 1200. The Kier molecular flexibility index (Phi) is 4.90. The van der Waals surface area contributed by atoms with Crippen molar-refractivity contribution in [3.05, 3.63) is 82.3 Å². The molecule has 1 amide bonds. The van der Waals surface area contributed by atoms with Crippen molar-refractivity contribution in [1.29, 1.82) is 0 Å². The number of oxazole rings is 1. The van der Waals surface area contributed by atoms with Gasteiger partial charge in [0.1, 0.15) is 6.33 Å². The second-order valence-electron chi connectivity index (χ2n) is 6.10. The fourth-order valence-electron chi connectivity index (χ4n) is 2.73. The van der Waals surface area contributed by atoms with Gasteiger partial charge in [0.15, 0.2) is 11.7 Å². The van der Waals surface area contributed by atoms with Crippen LogP contribution in [0.2, 0.25) is 5.02 Å². The second-order valence-corrected chi connectivity index (χ2v) is 6.53. The lowest BCUT2D eigenvalue weighted by Gasteiger charge is -2.07. The first-order chi connectivity index (χ1) is 13.6. The van der Waals surface area contributed by atoms with Gasteiger partial charge in [0.25, 0.3) is 5.56 Å². The quantitative estimate of drug-likeness (QED) is 0.560. The van der Waals surface area contributed by atoms with E-state index in [2.05, 4.69) is 15.4 Å². The number of nitrogens with zero attached hydrogens (tertiary/aromatic N) is 3. The fraction of sp³-hybridized carbons (Fsp3) is 0.100. The minimum atomic E-state index is -0.342. The van der Waals surface area contributed by atoms with Crippen LogP contribution in [0.1, 0.15) is 12.3 Å². The van der Waals surface area contributed by atoms with E-state index in [9.17, 15) is 9.59 Å². The number of fused-ring (bicyclic) bond motifs is 1. The summed E-state index contributed by atoms with van der Waals surface area (Å²) in [5.74, 6) is 0.691. The van der Waals surface area contributed by atoms with E-state index in [0.29, 0.717) is 34.0 Å². The van der Waals surface area contributed by atoms with Crippen LogP contribution in [-0.2, 0) is 11.2 Å². The van der Waals surface area contributed by atoms with Gasteiger partial charge in [-0.3, -0.25) is 15.0 Å². The van der Waals surface area contributed by atoms with Crippen LogP contribution in [0.3, 0.4) is 0 Å². The van der Waals surface area contributed by atoms with Crippen LogP contribution in [0.15, 0.2) is 70.3 Å². The Labute approximate surface area is 164 Å². The molecule has 2 aromatic carbocycles. The number of amides is 1. The maximum absolute atomic E-state index is 12.4. The maximum atomic E-state index is 12.4. The second kappa shape index (κ2) is 7.66. The van der Waals surface area contributed by atoms with Crippen molar-refractivity contribution in [2.75, 3.05) is 5.43 Å². The number of nitrogens with one attached hydrogen (secondary N) is 1. The molecule has 0 unspecified atom stereocenters. The molecule has 0 bridgehead atoms. The van der Waals surface area contributed by atoms with Gasteiger partial charge in [-0.1, -0.05) is 23.7 Å². The topological polar surface area (TPSA) is 90.0 Å². The van der Waals surface area contributed by atoms with Crippen LogP contribution in [-0.4, -0.2) is 20.6 Å². The van der Waals surface area contributed by atoms with Gasteiger partial charge in [-0.25, -0.2) is 14.6 Å². The SMILES string of the molecule is O=C(CCc1ncc(-c2ccc(Cl)cc2)o1)Nn1cnc2ccccc2c1=O. The van der Waals surface area contributed by atoms with Crippen LogP contribution in [0.5, 0.6) is 0 Å². The fourth-order valence-corrected chi connectivity index (χ4v) is 2.86. The molecule has 0 aliphatic heterocycles. The van der Waals surface area contributed by atoms with Gasteiger partial charge < -0.3 is 4.42 Å². The first kappa shape index (κ1) is 17.9. The number of benzene rings is 2. The molecule has 0 saturated heterocycles. The highest BCUT2D eigenvalue weighted by atomic mass is 35.5. The molecule has 0 fully saturated rings. The zero-order chi connectivity index (χ0) is 19.5.